The van der Waals surface area contributed by atoms with Crippen LogP contribution in [0, 0.1) is 6.92 Å². The minimum absolute atomic E-state index is 0.553. The standard InChI is InChI=1S/C19H17ClN4O2/c1-12-14(20)3-2-4-15(12)24-19-10-18(21-11-22-19)23-13-5-6-16-17(9-13)26-8-7-25-16/h2-6,9-11H,7-8H2,1H3,(H2,21,22,23,24). The van der Waals surface area contributed by atoms with Crippen molar-refractivity contribution in [1.82, 2.24) is 9.97 Å². The average Bonchev–Trinajstić information content (AvgIpc) is 2.66. The van der Waals surface area contributed by atoms with Gasteiger partial charge in [-0.3, -0.25) is 0 Å². The van der Waals surface area contributed by atoms with E-state index in [9.17, 15) is 0 Å². The molecule has 0 saturated carbocycles. The molecule has 0 aliphatic carbocycles. The maximum Gasteiger partial charge on any atom is 0.163 e. The molecule has 0 bridgehead atoms. The Bertz CT molecular complexity index is 949. The monoisotopic (exact) mass is 368 g/mol. The van der Waals surface area contributed by atoms with E-state index in [1.807, 2.05) is 49.4 Å². The van der Waals surface area contributed by atoms with Crippen molar-refractivity contribution in [2.45, 2.75) is 6.92 Å². The highest BCUT2D eigenvalue weighted by molar-refractivity contribution is 6.31. The van der Waals surface area contributed by atoms with Crippen molar-refractivity contribution >= 4 is 34.6 Å². The highest BCUT2D eigenvalue weighted by Gasteiger charge is 2.12. The van der Waals surface area contributed by atoms with Gasteiger partial charge >= 0.3 is 0 Å². The van der Waals surface area contributed by atoms with Gasteiger partial charge < -0.3 is 20.1 Å². The normalized spacial score (nSPS) is 12.5. The number of hydrogen-bond acceptors (Lipinski definition) is 6. The Morgan fingerprint density at radius 1 is 0.923 bits per heavy atom. The van der Waals surface area contributed by atoms with E-state index >= 15 is 0 Å². The second-order valence-corrected chi connectivity index (χ2v) is 6.22. The molecule has 1 aliphatic rings. The first-order valence-corrected chi connectivity index (χ1v) is 8.58. The summed E-state index contributed by atoms with van der Waals surface area (Å²) < 4.78 is 11.1. The highest BCUT2D eigenvalue weighted by atomic mass is 35.5. The van der Waals surface area contributed by atoms with Gasteiger partial charge in [0.1, 0.15) is 31.2 Å². The van der Waals surface area contributed by atoms with Crippen LogP contribution in [0.5, 0.6) is 11.5 Å². The molecule has 26 heavy (non-hydrogen) atoms. The van der Waals surface area contributed by atoms with Gasteiger partial charge in [0.15, 0.2) is 11.5 Å². The lowest BCUT2D eigenvalue weighted by Crippen LogP contribution is -2.15. The second kappa shape index (κ2) is 7.09. The molecule has 2 aromatic carbocycles. The van der Waals surface area contributed by atoms with E-state index in [1.54, 1.807) is 0 Å². The quantitative estimate of drug-likeness (QED) is 0.695. The third-order valence-corrected chi connectivity index (χ3v) is 4.42. The lowest BCUT2D eigenvalue weighted by molar-refractivity contribution is 0.171. The fourth-order valence-electron chi connectivity index (χ4n) is 2.64. The van der Waals surface area contributed by atoms with Gasteiger partial charge in [0.05, 0.1) is 0 Å². The minimum Gasteiger partial charge on any atom is -0.486 e. The van der Waals surface area contributed by atoms with Gasteiger partial charge in [-0.1, -0.05) is 17.7 Å². The topological polar surface area (TPSA) is 68.3 Å². The molecule has 0 saturated heterocycles. The zero-order chi connectivity index (χ0) is 17.9. The van der Waals surface area contributed by atoms with Crippen molar-refractivity contribution in [2.24, 2.45) is 0 Å². The van der Waals surface area contributed by atoms with Crippen LogP contribution < -0.4 is 20.1 Å². The number of aromatic nitrogens is 2. The van der Waals surface area contributed by atoms with Gasteiger partial charge in [0.25, 0.3) is 0 Å². The predicted octanol–water partition coefficient (Wildman–Crippen LogP) is 4.70. The number of benzene rings is 2. The smallest absolute Gasteiger partial charge is 0.163 e. The Morgan fingerprint density at radius 2 is 1.69 bits per heavy atom. The summed E-state index contributed by atoms with van der Waals surface area (Å²) in [5.41, 5.74) is 2.73. The van der Waals surface area contributed by atoms with Gasteiger partial charge in [-0.25, -0.2) is 9.97 Å². The van der Waals surface area contributed by atoms with Gasteiger partial charge in [0, 0.05) is 28.5 Å². The zero-order valence-corrected chi connectivity index (χ0v) is 14.9. The molecule has 2 N–H and O–H groups in total. The Balaban J connectivity index is 1.53. The molecule has 3 aromatic rings. The summed E-state index contributed by atoms with van der Waals surface area (Å²) in [7, 11) is 0. The maximum atomic E-state index is 6.17. The van der Waals surface area contributed by atoms with Crippen molar-refractivity contribution in [3.05, 3.63) is 59.4 Å². The number of rotatable bonds is 4. The Kier molecular flexibility index (Phi) is 4.50. The lowest BCUT2D eigenvalue weighted by atomic mass is 10.2. The first-order valence-electron chi connectivity index (χ1n) is 8.20. The van der Waals surface area contributed by atoms with E-state index in [2.05, 4.69) is 20.6 Å². The van der Waals surface area contributed by atoms with Crippen LogP contribution in [0.25, 0.3) is 0 Å². The Labute approximate surface area is 156 Å². The Morgan fingerprint density at radius 3 is 2.54 bits per heavy atom. The zero-order valence-electron chi connectivity index (χ0n) is 14.1. The number of nitrogens with zero attached hydrogens (tertiary/aromatic N) is 2. The molecule has 0 spiro atoms. The number of fused-ring (bicyclic) bond motifs is 1. The third kappa shape index (κ3) is 3.50. The van der Waals surface area contributed by atoms with Gasteiger partial charge in [-0.2, -0.15) is 0 Å². The van der Waals surface area contributed by atoms with Crippen LogP contribution in [0.1, 0.15) is 5.56 Å². The van der Waals surface area contributed by atoms with Crippen LogP contribution in [0.3, 0.4) is 0 Å². The Hall–Kier alpha value is -2.99. The van der Waals surface area contributed by atoms with Crippen LogP contribution in [0.4, 0.5) is 23.0 Å². The number of anilines is 4. The van der Waals surface area contributed by atoms with Crippen LogP contribution in [0.15, 0.2) is 48.8 Å². The first kappa shape index (κ1) is 16.5. The van der Waals surface area contributed by atoms with E-state index in [4.69, 9.17) is 21.1 Å². The van der Waals surface area contributed by atoms with Crippen molar-refractivity contribution in [3.63, 3.8) is 0 Å². The molecule has 0 unspecified atom stereocenters. The average molecular weight is 369 g/mol. The molecule has 2 heterocycles. The molecule has 7 heteroatoms. The van der Waals surface area contributed by atoms with Crippen LogP contribution in [-0.4, -0.2) is 23.2 Å². The predicted molar refractivity (Wildman–Crippen MR) is 102 cm³/mol. The first-order chi connectivity index (χ1) is 12.7. The number of hydrogen-bond donors (Lipinski definition) is 2. The molecule has 1 aliphatic heterocycles. The second-order valence-electron chi connectivity index (χ2n) is 5.81. The maximum absolute atomic E-state index is 6.17. The van der Waals surface area contributed by atoms with E-state index < -0.39 is 0 Å². The molecule has 1 aromatic heterocycles. The van der Waals surface area contributed by atoms with Gasteiger partial charge in [-0.15, -0.1) is 0 Å². The summed E-state index contributed by atoms with van der Waals surface area (Å²) in [5.74, 6) is 2.82. The van der Waals surface area contributed by atoms with Crippen LogP contribution in [-0.2, 0) is 0 Å². The number of ether oxygens (including phenoxy) is 2. The molecule has 0 amide bonds. The van der Waals surface area contributed by atoms with Crippen LogP contribution >= 0.6 is 11.6 Å². The summed E-state index contributed by atoms with van der Waals surface area (Å²) in [6.45, 7) is 3.08. The molecule has 4 rings (SSSR count). The summed E-state index contributed by atoms with van der Waals surface area (Å²) in [6, 6.07) is 13.2. The highest BCUT2D eigenvalue weighted by Crippen LogP contribution is 2.33. The summed E-state index contributed by atoms with van der Waals surface area (Å²) in [4.78, 5) is 8.54. The number of nitrogens with one attached hydrogen (secondary N) is 2. The summed E-state index contributed by atoms with van der Waals surface area (Å²) in [5, 5.41) is 7.23. The number of halogens is 1. The molecule has 132 valence electrons. The molecule has 0 atom stereocenters. The fourth-order valence-corrected chi connectivity index (χ4v) is 2.82. The van der Waals surface area contributed by atoms with E-state index in [-0.39, 0.29) is 0 Å². The largest absolute Gasteiger partial charge is 0.486 e. The molecule has 6 nitrogen and oxygen atoms in total. The molecular formula is C19H17ClN4O2. The van der Waals surface area contributed by atoms with Crippen molar-refractivity contribution < 1.29 is 9.47 Å². The van der Waals surface area contributed by atoms with E-state index in [0.29, 0.717) is 29.9 Å². The fraction of sp³-hybridized carbons (Fsp3) is 0.158. The SMILES string of the molecule is Cc1c(Cl)cccc1Nc1cc(Nc2ccc3c(c2)OCCO3)ncn1. The lowest BCUT2D eigenvalue weighted by Gasteiger charge is -2.19. The minimum atomic E-state index is 0.553. The van der Waals surface area contributed by atoms with Gasteiger partial charge in [-0.05, 0) is 36.8 Å². The molecule has 0 radical (unpaired) electrons. The molecule has 0 fully saturated rings. The van der Waals surface area contributed by atoms with Gasteiger partial charge in [0.2, 0.25) is 0 Å². The molecular weight excluding hydrogens is 352 g/mol. The van der Waals surface area contributed by atoms with E-state index in [1.165, 1.54) is 6.33 Å². The van der Waals surface area contributed by atoms with Crippen molar-refractivity contribution in [2.75, 3.05) is 23.8 Å². The van der Waals surface area contributed by atoms with Crippen molar-refractivity contribution in [1.29, 1.82) is 0 Å². The summed E-state index contributed by atoms with van der Waals surface area (Å²) >= 11 is 6.17. The van der Waals surface area contributed by atoms with Crippen LogP contribution in [0.2, 0.25) is 5.02 Å². The van der Waals surface area contributed by atoms with Crippen molar-refractivity contribution in [3.8, 4) is 11.5 Å². The third-order valence-electron chi connectivity index (χ3n) is 4.01. The summed E-state index contributed by atoms with van der Waals surface area (Å²) in [6.07, 6.45) is 1.50. The van der Waals surface area contributed by atoms with E-state index in [0.717, 1.165) is 28.4 Å².